The molecule has 2 aliphatic rings. The number of anilines is 2. The number of aryl methyl sites for hydroxylation is 1. The van der Waals surface area contributed by atoms with E-state index in [2.05, 4.69) is 92.7 Å². The molecule has 2 aliphatic heterocycles. The van der Waals surface area contributed by atoms with Gasteiger partial charge in [-0.1, -0.05) is 35.9 Å². The second-order valence-corrected chi connectivity index (χ2v) is 10.2. The monoisotopic (exact) mass is 441 g/mol. The van der Waals surface area contributed by atoms with Gasteiger partial charge < -0.3 is 14.5 Å². The van der Waals surface area contributed by atoms with Crippen LogP contribution in [0, 0.1) is 27.7 Å². The van der Waals surface area contributed by atoms with E-state index in [1.54, 1.807) is 0 Å². The number of benzene rings is 2. The van der Waals surface area contributed by atoms with Crippen molar-refractivity contribution in [2.45, 2.75) is 53.1 Å². The van der Waals surface area contributed by atoms with Crippen LogP contribution in [0.3, 0.4) is 0 Å². The average molecular weight is 442 g/mol. The van der Waals surface area contributed by atoms with Crippen molar-refractivity contribution in [3.05, 3.63) is 82.0 Å². The van der Waals surface area contributed by atoms with Crippen LogP contribution >= 0.6 is 0 Å². The molecule has 0 bridgehead atoms. The largest absolute Gasteiger partial charge is 0.486 e. The van der Waals surface area contributed by atoms with Gasteiger partial charge in [0.05, 0.1) is 5.92 Å². The summed E-state index contributed by atoms with van der Waals surface area (Å²) in [5.74, 6) is 2.39. The summed E-state index contributed by atoms with van der Waals surface area (Å²) in [6.07, 6.45) is 1.88. The minimum atomic E-state index is -0.282. The van der Waals surface area contributed by atoms with Gasteiger partial charge >= 0.3 is 0 Å². The SMILES string of the molecule is Cc1ccc(C2c3c(C)c(N4CCN(c5ccccn5)CC4)c(C)c(C)c3OC2(C)C)cc1. The first-order chi connectivity index (χ1) is 15.8. The second kappa shape index (κ2) is 8.09. The maximum Gasteiger partial charge on any atom is 0.128 e. The zero-order valence-electron chi connectivity index (χ0n) is 20.8. The van der Waals surface area contributed by atoms with Gasteiger partial charge in [0, 0.05) is 43.6 Å². The Balaban J connectivity index is 1.53. The fourth-order valence-corrected chi connectivity index (χ4v) is 5.78. The van der Waals surface area contributed by atoms with Gasteiger partial charge in [-0.05, 0) is 75.9 Å². The zero-order valence-corrected chi connectivity index (χ0v) is 20.8. The minimum absolute atomic E-state index is 0.223. The summed E-state index contributed by atoms with van der Waals surface area (Å²) >= 11 is 0. The standard InChI is InChI=1S/C29H35N3O/c1-19-10-12-23(13-11-19)26-25-22(4)27(20(2)21(3)28(25)33-29(26,5)6)32-17-15-31(16-18-32)24-9-7-8-14-30-24/h7-14,26H,15-18H2,1-6H3. The smallest absolute Gasteiger partial charge is 0.128 e. The molecule has 0 spiro atoms. The van der Waals surface area contributed by atoms with Crippen LogP contribution in [-0.4, -0.2) is 36.8 Å². The summed E-state index contributed by atoms with van der Waals surface area (Å²) in [6, 6.07) is 15.2. The Morgan fingerprint density at radius 2 is 1.48 bits per heavy atom. The van der Waals surface area contributed by atoms with E-state index in [0.717, 1.165) is 37.7 Å². The molecular weight excluding hydrogens is 406 g/mol. The number of nitrogens with zero attached hydrogens (tertiary/aromatic N) is 3. The predicted molar refractivity (Wildman–Crippen MR) is 137 cm³/mol. The third-order valence-corrected chi connectivity index (χ3v) is 7.59. The summed E-state index contributed by atoms with van der Waals surface area (Å²) in [4.78, 5) is 9.52. The molecule has 3 heterocycles. The average Bonchev–Trinajstić information content (AvgIpc) is 3.11. The lowest BCUT2D eigenvalue weighted by Gasteiger charge is -2.39. The van der Waals surface area contributed by atoms with Gasteiger partial charge in [0.1, 0.15) is 17.2 Å². The molecule has 0 saturated carbocycles. The van der Waals surface area contributed by atoms with Crippen LogP contribution in [0.1, 0.15) is 53.1 Å². The van der Waals surface area contributed by atoms with Crippen molar-refractivity contribution in [3.8, 4) is 5.75 Å². The van der Waals surface area contributed by atoms with E-state index in [9.17, 15) is 0 Å². The van der Waals surface area contributed by atoms with Gasteiger partial charge in [0.15, 0.2) is 0 Å². The molecule has 0 amide bonds. The Kier molecular flexibility index (Phi) is 5.35. The van der Waals surface area contributed by atoms with E-state index in [0.29, 0.717) is 0 Å². The molecule has 33 heavy (non-hydrogen) atoms. The van der Waals surface area contributed by atoms with Crippen LogP contribution < -0.4 is 14.5 Å². The van der Waals surface area contributed by atoms with Crippen LogP contribution in [0.25, 0.3) is 0 Å². The minimum Gasteiger partial charge on any atom is -0.486 e. The van der Waals surface area contributed by atoms with E-state index < -0.39 is 0 Å². The Hall–Kier alpha value is -3.01. The summed E-state index contributed by atoms with van der Waals surface area (Å²) in [5, 5.41) is 0. The topological polar surface area (TPSA) is 28.6 Å². The Morgan fingerprint density at radius 3 is 2.12 bits per heavy atom. The molecule has 0 radical (unpaired) electrons. The first kappa shape index (κ1) is 21.8. The maximum absolute atomic E-state index is 6.67. The van der Waals surface area contributed by atoms with E-state index in [1.165, 1.54) is 39.1 Å². The molecule has 4 nitrogen and oxygen atoms in total. The summed E-state index contributed by atoms with van der Waals surface area (Å²) < 4.78 is 6.67. The second-order valence-electron chi connectivity index (χ2n) is 10.2. The van der Waals surface area contributed by atoms with Gasteiger partial charge in [0.2, 0.25) is 0 Å². The Morgan fingerprint density at radius 1 is 0.818 bits per heavy atom. The first-order valence-electron chi connectivity index (χ1n) is 12.1. The van der Waals surface area contributed by atoms with E-state index in [-0.39, 0.29) is 11.5 Å². The van der Waals surface area contributed by atoms with Crippen LogP contribution in [-0.2, 0) is 0 Å². The number of pyridine rings is 1. The fraction of sp³-hybridized carbons (Fsp3) is 0.414. The van der Waals surface area contributed by atoms with Crippen LogP contribution in [0.15, 0.2) is 48.7 Å². The number of aromatic nitrogens is 1. The first-order valence-corrected chi connectivity index (χ1v) is 12.1. The third-order valence-electron chi connectivity index (χ3n) is 7.59. The molecule has 1 saturated heterocycles. The van der Waals surface area contributed by atoms with Crippen molar-refractivity contribution in [2.24, 2.45) is 0 Å². The van der Waals surface area contributed by atoms with E-state index in [4.69, 9.17) is 4.74 Å². The van der Waals surface area contributed by atoms with Gasteiger partial charge in [0.25, 0.3) is 0 Å². The highest BCUT2D eigenvalue weighted by Gasteiger charge is 2.45. The third kappa shape index (κ3) is 3.66. The molecule has 2 aromatic carbocycles. The number of rotatable bonds is 3. The lowest BCUT2D eigenvalue weighted by atomic mass is 9.78. The molecule has 3 aromatic rings. The molecule has 5 rings (SSSR count). The molecule has 4 heteroatoms. The number of piperazine rings is 1. The number of hydrogen-bond donors (Lipinski definition) is 0. The van der Waals surface area contributed by atoms with Crippen molar-refractivity contribution in [1.29, 1.82) is 0 Å². The molecule has 172 valence electrons. The van der Waals surface area contributed by atoms with Crippen molar-refractivity contribution < 1.29 is 4.74 Å². The quantitative estimate of drug-likeness (QED) is 0.503. The van der Waals surface area contributed by atoms with Crippen molar-refractivity contribution in [1.82, 2.24) is 4.98 Å². The predicted octanol–water partition coefficient (Wildman–Crippen LogP) is 5.94. The van der Waals surface area contributed by atoms with Crippen molar-refractivity contribution >= 4 is 11.5 Å². The normalized spacial score (nSPS) is 19.4. The Bertz CT molecular complexity index is 1160. The molecule has 1 unspecified atom stereocenters. The van der Waals surface area contributed by atoms with Crippen molar-refractivity contribution in [2.75, 3.05) is 36.0 Å². The van der Waals surface area contributed by atoms with Gasteiger partial charge in [-0.3, -0.25) is 0 Å². The molecule has 1 aromatic heterocycles. The summed E-state index contributed by atoms with van der Waals surface area (Å²) in [5.41, 5.74) is 9.10. The number of hydrogen-bond acceptors (Lipinski definition) is 4. The highest BCUT2D eigenvalue weighted by molar-refractivity contribution is 5.72. The summed E-state index contributed by atoms with van der Waals surface area (Å²) in [7, 11) is 0. The van der Waals surface area contributed by atoms with Crippen molar-refractivity contribution in [3.63, 3.8) is 0 Å². The molecule has 1 fully saturated rings. The highest BCUT2D eigenvalue weighted by atomic mass is 16.5. The van der Waals surface area contributed by atoms with Crippen LogP contribution in [0.4, 0.5) is 11.5 Å². The lowest BCUT2D eigenvalue weighted by Crippen LogP contribution is -2.47. The highest BCUT2D eigenvalue weighted by Crippen LogP contribution is 2.54. The van der Waals surface area contributed by atoms with Crippen LogP contribution in [0.5, 0.6) is 5.75 Å². The number of ether oxygens (including phenoxy) is 1. The molecular formula is C29H35N3O. The van der Waals surface area contributed by atoms with Gasteiger partial charge in [-0.2, -0.15) is 0 Å². The van der Waals surface area contributed by atoms with Crippen LogP contribution in [0.2, 0.25) is 0 Å². The van der Waals surface area contributed by atoms with Gasteiger partial charge in [-0.15, -0.1) is 0 Å². The maximum atomic E-state index is 6.67. The molecule has 1 atom stereocenters. The molecule has 0 aliphatic carbocycles. The fourth-order valence-electron chi connectivity index (χ4n) is 5.78. The lowest BCUT2D eigenvalue weighted by molar-refractivity contribution is 0.121. The Labute approximate surface area is 198 Å². The molecule has 0 N–H and O–H groups in total. The van der Waals surface area contributed by atoms with Gasteiger partial charge in [-0.25, -0.2) is 4.98 Å². The number of fused-ring (bicyclic) bond motifs is 1. The van der Waals surface area contributed by atoms with E-state index in [1.807, 2.05) is 12.3 Å². The zero-order chi connectivity index (χ0) is 23.3. The summed E-state index contributed by atoms with van der Waals surface area (Å²) in [6.45, 7) is 17.4. The van der Waals surface area contributed by atoms with E-state index >= 15 is 0 Å².